The molecule has 0 unspecified atom stereocenters. The molecular formula is C20H21Cl2FN2O3S. The maximum absolute atomic E-state index is 13.2. The van der Waals surface area contributed by atoms with Crippen LogP contribution in [0.1, 0.15) is 24.0 Å². The van der Waals surface area contributed by atoms with Gasteiger partial charge in [0.25, 0.3) is 0 Å². The third-order valence-corrected chi connectivity index (χ3v) is 7.48. The Morgan fingerprint density at radius 3 is 2.34 bits per heavy atom. The average molecular weight is 459 g/mol. The molecule has 1 aliphatic heterocycles. The summed E-state index contributed by atoms with van der Waals surface area (Å²) in [6.07, 6.45) is 0.842. The van der Waals surface area contributed by atoms with Gasteiger partial charge >= 0.3 is 0 Å². The highest BCUT2D eigenvalue weighted by molar-refractivity contribution is 7.88. The number of nitrogens with one attached hydrogen (secondary N) is 1. The number of carbonyl (C=O) groups is 1. The molecule has 156 valence electrons. The van der Waals surface area contributed by atoms with Crippen LogP contribution in [-0.2, 0) is 27.1 Å². The zero-order valence-corrected chi connectivity index (χ0v) is 17.9. The molecule has 1 N–H and O–H groups in total. The zero-order chi connectivity index (χ0) is 21.0. The van der Waals surface area contributed by atoms with Crippen molar-refractivity contribution in [3.63, 3.8) is 0 Å². The predicted molar refractivity (Wildman–Crippen MR) is 112 cm³/mol. The molecule has 0 saturated carbocycles. The number of halogens is 3. The first-order chi connectivity index (χ1) is 13.8. The van der Waals surface area contributed by atoms with Gasteiger partial charge in [-0.2, -0.15) is 0 Å². The number of piperidine rings is 1. The van der Waals surface area contributed by atoms with E-state index in [4.69, 9.17) is 23.2 Å². The number of carbonyl (C=O) groups excluding carboxylic acids is 1. The summed E-state index contributed by atoms with van der Waals surface area (Å²) in [5.41, 5.74) is 1.06. The zero-order valence-electron chi connectivity index (χ0n) is 15.6. The van der Waals surface area contributed by atoms with Crippen LogP contribution in [0.4, 0.5) is 4.39 Å². The molecule has 2 aromatic carbocycles. The second-order valence-corrected chi connectivity index (χ2v) is 9.76. The summed E-state index contributed by atoms with van der Waals surface area (Å²) in [4.78, 5) is 12.4. The summed E-state index contributed by atoms with van der Waals surface area (Å²) in [7, 11) is -3.60. The van der Waals surface area contributed by atoms with E-state index in [-0.39, 0.29) is 43.0 Å². The Morgan fingerprint density at radius 1 is 1.10 bits per heavy atom. The van der Waals surface area contributed by atoms with E-state index in [9.17, 15) is 17.6 Å². The summed E-state index contributed by atoms with van der Waals surface area (Å²) < 4.78 is 40.1. The number of sulfonamides is 1. The van der Waals surface area contributed by atoms with E-state index < -0.39 is 10.0 Å². The Morgan fingerprint density at radius 2 is 1.72 bits per heavy atom. The molecule has 1 saturated heterocycles. The van der Waals surface area contributed by atoms with Gasteiger partial charge in [0.05, 0.1) is 5.75 Å². The Balaban J connectivity index is 1.54. The number of hydrogen-bond acceptors (Lipinski definition) is 3. The Hall–Kier alpha value is -1.67. The number of rotatable bonds is 6. The van der Waals surface area contributed by atoms with Crippen LogP contribution in [0, 0.1) is 11.7 Å². The topological polar surface area (TPSA) is 66.5 Å². The fraction of sp³-hybridized carbons (Fsp3) is 0.350. The molecule has 1 heterocycles. The van der Waals surface area contributed by atoms with Gasteiger partial charge in [0, 0.05) is 41.2 Å². The molecular weight excluding hydrogens is 438 g/mol. The molecule has 0 bridgehead atoms. The van der Waals surface area contributed by atoms with Crippen LogP contribution in [0.3, 0.4) is 0 Å². The summed E-state index contributed by atoms with van der Waals surface area (Å²) >= 11 is 12.2. The second kappa shape index (κ2) is 9.43. The molecule has 0 spiro atoms. The van der Waals surface area contributed by atoms with E-state index in [0.29, 0.717) is 34.0 Å². The molecule has 9 heteroatoms. The van der Waals surface area contributed by atoms with Crippen LogP contribution < -0.4 is 5.32 Å². The lowest BCUT2D eigenvalue weighted by Crippen LogP contribution is -2.43. The average Bonchev–Trinajstić information content (AvgIpc) is 2.69. The largest absolute Gasteiger partial charge is 0.352 e. The maximum atomic E-state index is 13.2. The number of nitrogens with zero attached hydrogens (tertiary/aromatic N) is 1. The van der Waals surface area contributed by atoms with Gasteiger partial charge in [-0.3, -0.25) is 4.79 Å². The van der Waals surface area contributed by atoms with Crippen LogP contribution in [0.5, 0.6) is 0 Å². The van der Waals surface area contributed by atoms with E-state index in [2.05, 4.69) is 5.32 Å². The van der Waals surface area contributed by atoms with Gasteiger partial charge in [-0.1, -0.05) is 41.4 Å². The third kappa shape index (κ3) is 5.69. The Labute approximate surface area is 179 Å². The van der Waals surface area contributed by atoms with Gasteiger partial charge in [0.2, 0.25) is 15.9 Å². The highest BCUT2D eigenvalue weighted by Crippen LogP contribution is 2.29. The van der Waals surface area contributed by atoms with Crippen LogP contribution in [0.15, 0.2) is 42.5 Å². The van der Waals surface area contributed by atoms with E-state index >= 15 is 0 Å². The quantitative estimate of drug-likeness (QED) is 0.711. The third-order valence-electron chi connectivity index (χ3n) is 4.96. The molecule has 1 aliphatic rings. The first-order valence-corrected chi connectivity index (χ1v) is 11.6. The van der Waals surface area contributed by atoms with Crippen molar-refractivity contribution in [2.45, 2.75) is 25.1 Å². The summed E-state index contributed by atoms with van der Waals surface area (Å²) in [6, 6.07) is 10.9. The maximum Gasteiger partial charge on any atom is 0.223 e. The van der Waals surface area contributed by atoms with Gasteiger partial charge in [-0.25, -0.2) is 17.1 Å². The first-order valence-electron chi connectivity index (χ1n) is 9.19. The lowest BCUT2D eigenvalue weighted by Gasteiger charge is -2.30. The normalized spacial score (nSPS) is 16.0. The molecule has 0 aliphatic carbocycles. The molecule has 29 heavy (non-hydrogen) atoms. The Kier molecular flexibility index (Phi) is 7.16. The molecule has 5 nitrogen and oxygen atoms in total. The summed E-state index contributed by atoms with van der Waals surface area (Å²) in [5.74, 6) is -1.06. The lowest BCUT2D eigenvalue weighted by atomic mass is 9.97. The summed E-state index contributed by atoms with van der Waals surface area (Å²) in [6.45, 7) is 0.741. The standard InChI is InChI=1S/C20H21Cl2FN2O3S/c21-18-5-2-6-19(22)17(18)13-29(27,28)25-9-7-15(8-10-25)20(26)24-12-14-3-1-4-16(23)11-14/h1-6,11,15H,7-10,12-13H2,(H,24,26). The van der Waals surface area contributed by atoms with Gasteiger partial charge in [-0.05, 0) is 42.7 Å². The van der Waals surface area contributed by atoms with Crippen LogP contribution in [0.2, 0.25) is 10.0 Å². The Bertz CT molecular complexity index is 973. The minimum atomic E-state index is -3.60. The first kappa shape index (κ1) is 22.0. The van der Waals surface area contributed by atoms with E-state index in [1.165, 1.54) is 16.4 Å². The fourth-order valence-electron chi connectivity index (χ4n) is 3.32. The second-order valence-electron chi connectivity index (χ2n) is 6.98. The smallest absolute Gasteiger partial charge is 0.223 e. The lowest BCUT2D eigenvalue weighted by molar-refractivity contribution is -0.126. The summed E-state index contributed by atoms with van der Waals surface area (Å²) in [5, 5.41) is 3.42. The molecule has 1 amide bonds. The van der Waals surface area contributed by atoms with Crippen molar-refractivity contribution >= 4 is 39.1 Å². The van der Waals surface area contributed by atoms with Gasteiger partial charge < -0.3 is 5.32 Å². The number of benzene rings is 2. The monoisotopic (exact) mass is 458 g/mol. The van der Waals surface area contributed by atoms with Crippen LogP contribution >= 0.6 is 23.2 Å². The van der Waals surface area contributed by atoms with Gasteiger partial charge in [-0.15, -0.1) is 0 Å². The van der Waals surface area contributed by atoms with Crippen molar-refractivity contribution in [1.82, 2.24) is 9.62 Å². The van der Waals surface area contributed by atoms with Crippen LogP contribution in [0.25, 0.3) is 0 Å². The van der Waals surface area contributed by atoms with E-state index in [1.807, 2.05) is 0 Å². The van der Waals surface area contributed by atoms with Crippen molar-refractivity contribution in [3.05, 3.63) is 69.5 Å². The molecule has 1 fully saturated rings. The van der Waals surface area contributed by atoms with Crippen molar-refractivity contribution in [3.8, 4) is 0 Å². The van der Waals surface area contributed by atoms with Crippen molar-refractivity contribution in [2.24, 2.45) is 5.92 Å². The van der Waals surface area contributed by atoms with Crippen molar-refractivity contribution in [2.75, 3.05) is 13.1 Å². The van der Waals surface area contributed by atoms with Gasteiger partial charge in [0.15, 0.2) is 0 Å². The minimum Gasteiger partial charge on any atom is -0.352 e. The molecule has 3 rings (SSSR count). The van der Waals surface area contributed by atoms with E-state index in [1.54, 1.807) is 30.3 Å². The van der Waals surface area contributed by atoms with Crippen molar-refractivity contribution < 1.29 is 17.6 Å². The van der Waals surface area contributed by atoms with Gasteiger partial charge in [0.1, 0.15) is 5.82 Å². The molecule has 0 atom stereocenters. The molecule has 2 aromatic rings. The van der Waals surface area contributed by atoms with Crippen molar-refractivity contribution in [1.29, 1.82) is 0 Å². The molecule has 0 aromatic heterocycles. The number of hydrogen-bond donors (Lipinski definition) is 1. The highest BCUT2D eigenvalue weighted by atomic mass is 35.5. The van der Waals surface area contributed by atoms with E-state index in [0.717, 1.165) is 0 Å². The predicted octanol–water partition coefficient (Wildman–Crippen LogP) is 3.99. The fourth-order valence-corrected chi connectivity index (χ4v) is 5.64. The SMILES string of the molecule is O=C(NCc1cccc(F)c1)C1CCN(S(=O)(=O)Cc2c(Cl)cccc2Cl)CC1. The number of amides is 1. The minimum absolute atomic E-state index is 0.152. The highest BCUT2D eigenvalue weighted by Gasteiger charge is 2.31. The molecule has 0 radical (unpaired) electrons. The van der Waals surface area contributed by atoms with Crippen LogP contribution in [-0.4, -0.2) is 31.7 Å².